The summed E-state index contributed by atoms with van der Waals surface area (Å²) in [6, 6.07) is 15.8. The summed E-state index contributed by atoms with van der Waals surface area (Å²) in [4.78, 5) is 46.0. The number of primary amides is 1. The number of fused-ring (bicyclic) bond motifs is 1. The van der Waals surface area contributed by atoms with Crippen LogP contribution in [0.15, 0.2) is 60.8 Å². The molecule has 5 N–H and O–H groups in total. The quantitative estimate of drug-likeness (QED) is 0.301. The van der Waals surface area contributed by atoms with Crippen LogP contribution in [0, 0.1) is 0 Å². The number of anilines is 2. The lowest BCUT2D eigenvalue weighted by Gasteiger charge is -2.32. The number of nitrogens with one attached hydrogen (secondary N) is 1. The topological polar surface area (TPSA) is 144 Å². The van der Waals surface area contributed by atoms with E-state index in [1.807, 2.05) is 61.5 Å². The molecule has 10 heteroatoms. The van der Waals surface area contributed by atoms with E-state index in [4.69, 9.17) is 11.5 Å². The van der Waals surface area contributed by atoms with Gasteiger partial charge in [0.2, 0.25) is 5.91 Å². The maximum Gasteiger partial charge on any atom is 0.273 e. The standard InChI is InChI=1S/C29H30N6O3S/c1-2-17-9-12-21(13-10-17)35(29(38)26-23(30)24(27(31)36)34-39-26)25(28(37)33-20-7-3-4-8-20)19-11-14-22-18(16-19)6-5-15-32-22/h5-6,9-16,20,25H,2-4,7-8,30H2,1H3,(H2,31,36)(H,33,37)/t25-/m1/s1. The second kappa shape index (κ2) is 11.2. The molecule has 1 saturated carbocycles. The molecule has 1 aliphatic rings. The minimum Gasteiger partial charge on any atom is -0.395 e. The van der Waals surface area contributed by atoms with Crippen LogP contribution in [-0.2, 0) is 11.2 Å². The molecule has 9 nitrogen and oxygen atoms in total. The molecule has 4 aromatic rings. The van der Waals surface area contributed by atoms with Crippen molar-refractivity contribution >= 4 is 51.5 Å². The second-order valence-electron chi connectivity index (χ2n) is 9.68. The number of hydrogen-bond donors (Lipinski definition) is 3. The summed E-state index contributed by atoms with van der Waals surface area (Å²) in [7, 11) is 0. The van der Waals surface area contributed by atoms with Gasteiger partial charge < -0.3 is 16.8 Å². The lowest BCUT2D eigenvalue weighted by molar-refractivity contribution is -0.123. The van der Waals surface area contributed by atoms with Crippen molar-refractivity contribution in [3.63, 3.8) is 0 Å². The summed E-state index contributed by atoms with van der Waals surface area (Å²) in [5, 5.41) is 4.02. The first-order valence-electron chi connectivity index (χ1n) is 13.0. The summed E-state index contributed by atoms with van der Waals surface area (Å²) in [5.74, 6) is -1.66. The molecular weight excluding hydrogens is 512 g/mol. The van der Waals surface area contributed by atoms with Crippen molar-refractivity contribution in [1.82, 2.24) is 14.7 Å². The first-order valence-corrected chi connectivity index (χ1v) is 13.8. The van der Waals surface area contributed by atoms with Gasteiger partial charge in [0.05, 0.1) is 11.2 Å². The molecule has 3 amide bonds. The number of aryl methyl sites for hydroxylation is 1. The Kier molecular flexibility index (Phi) is 7.56. The number of nitrogens with two attached hydrogens (primary N) is 2. The highest BCUT2D eigenvalue weighted by Gasteiger charge is 2.37. The van der Waals surface area contributed by atoms with Gasteiger partial charge in [0, 0.05) is 23.3 Å². The van der Waals surface area contributed by atoms with E-state index in [2.05, 4.69) is 14.7 Å². The van der Waals surface area contributed by atoms with Gasteiger partial charge in [0.25, 0.3) is 11.8 Å². The number of amides is 3. The molecule has 200 valence electrons. The van der Waals surface area contributed by atoms with Crippen LogP contribution in [0.4, 0.5) is 11.4 Å². The van der Waals surface area contributed by atoms with E-state index in [1.54, 1.807) is 6.20 Å². The molecule has 1 fully saturated rings. The van der Waals surface area contributed by atoms with E-state index in [0.717, 1.165) is 60.1 Å². The van der Waals surface area contributed by atoms with Gasteiger partial charge in [0.1, 0.15) is 10.9 Å². The molecule has 0 radical (unpaired) electrons. The molecule has 39 heavy (non-hydrogen) atoms. The van der Waals surface area contributed by atoms with Crippen molar-refractivity contribution in [2.75, 3.05) is 10.6 Å². The number of nitrogens with zero attached hydrogens (tertiary/aromatic N) is 3. The predicted octanol–water partition coefficient (Wildman–Crippen LogP) is 4.38. The lowest BCUT2D eigenvalue weighted by atomic mass is 9.99. The molecule has 2 heterocycles. The average Bonchev–Trinajstić information content (AvgIpc) is 3.60. The Hall–Kier alpha value is -4.31. The SMILES string of the molecule is CCc1ccc(N(C(=O)c2snc(C(N)=O)c2N)[C@@H](C(=O)NC2CCCC2)c2ccc3ncccc3c2)cc1. The highest BCUT2D eigenvalue weighted by Crippen LogP contribution is 2.34. The van der Waals surface area contributed by atoms with E-state index in [0.29, 0.717) is 11.3 Å². The Labute approximate surface area is 230 Å². The number of carbonyl (C=O) groups is 3. The van der Waals surface area contributed by atoms with Crippen LogP contribution in [0.1, 0.15) is 69.9 Å². The Morgan fingerprint density at radius 1 is 1.10 bits per heavy atom. The van der Waals surface area contributed by atoms with Gasteiger partial charge in [-0.05, 0) is 72.3 Å². The molecule has 0 saturated heterocycles. The minimum atomic E-state index is -1.02. The number of aromatic nitrogens is 2. The molecule has 1 atom stereocenters. The third-order valence-corrected chi connectivity index (χ3v) is 8.00. The Balaban J connectivity index is 1.67. The van der Waals surface area contributed by atoms with Crippen molar-refractivity contribution in [1.29, 1.82) is 0 Å². The predicted molar refractivity (Wildman–Crippen MR) is 153 cm³/mol. The smallest absolute Gasteiger partial charge is 0.273 e. The zero-order valence-corrected chi connectivity index (χ0v) is 22.4. The normalized spacial score (nSPS) is 14.3. The van der Waals surface area contributed by atoms with Gasteiger partial charge >= 0.3 is 0 Å². The Morgan fingerprint density at radius 2 is 1.85 bits per heavy atom. The highest BCUT2D eigenvalue weighted by atomic mass is 32.1. The van der Waals surface area contributed by atoms with Crippen molar-refractivity contribution in [2.45, 2.75) is 51.1 Å². The summed E-state index contributed by atoms with van der Waals surface area (Å²) in [5.41, 5.74) is 14.4. The number of hydrogen-bond acceptors (Lipinski definition) is 7. The fourth-order valence-corrected chi connectivity index (χ4v) is 5.79. The molecule has 0 spiro atoms. The van der Waals surface area contributed by atoms with Crippen molar-refractivity contribution in [2.24, 2.45) is 5.73 Å². The molecule has 0 bridgehead atoms. The van der Waals surface area contributed by atoms with Crippen LogP contribution in [0.5, 0.6) is 0 Å². The second-order valence-corrected chi connectivity index (χ2v) is 10.5. The Bertz CT molecular complexity index is 1530. The van der Waals surface area contributed by atoms with Gasteiger partial charge in [0.15, 0.2) is 5.69 Å². The van der Waals surface area contributed by atoms with E-state index in [9.17, 15) is 14.4 Å². The number of benzene rings is 2. The van der Waals surface area contributed by atoms with Gasteiger partial charge in [-0.25, -0.2) is 0 Å². The van der Waals surface area contributed by atoms with Crippen molar-refractivity contribution in [3.8, 4) is 0 Å². The van der Waals surface area contributed by atoms with Crippen LogP contribution in [-0.4, -0.2) is 33.1 Å². The van der Waals surface area contributed by atoms with E-state index >= 15 is 0 Å². The zero-order valence-electron chi connectivity index (χ0n) is 21.6. The minimum absolute atomic E-state index is 0.0384. The number of pyridine rings is 1. The van der Waals surface area contributed by atoms with Gasteiger partial charge in [-0.15, -0.1) is 0 Å². The van der Waals surface area contributed by atoms with Crippen LogP contribution in [0.2, 0.25) is 0 Å². The van der Waals surface area contributed by atoms with E-state index in [1.165, 1.54) is 4.90 Å². The Morgan fingerprint density at radius 3 is 2.51 bits per heavy atom. The van der Waals surface area contributed by atoms with E-state index < -0.39 is 17.9 Å². The van der Waals surface area contributed by atoms with Gasteiger partial charge in [-0.2, -0.15) is 4.37 Å². The van der Waals surface area contributed by atoms with Crippen LogP contribution >= 0.6 is 11.5 Å². The van der Waals surface area contributed by atoms with E-state index in [-0.39, 0.29) is 28.2 Å². The van der Waals surface area contributed by atoms with Crippen molar-refractivity contribution < 1.29 is 14.4 Å². The third-order valence-electron chi connectivity index (χ3n) is 7.15. The number of nitrogen functional groups attached to an aromatic ring is 1. The first-order chi connectivity index (χ1) is 18.9. The van der Waals surface area contributed by atoms with Crippen LogP contribution in [0.25, 0.3) is 10.9 Å². The molecular formula is C29H30N6O3S. The lowest BCUT2D eigenvalue weighted by Crippen LogP contribution is -2.46. The summed E-state index contributed by atoms with van der Waals surface area (Å²) >= 11 is 0.794. The molecule has 0 unspecified atom stereocenters. The highest BCUT2D eigenvalue weighted by molar-refractivity contribution is 7.09. The average molecular weight is 543 g/mol. The molecule has 2 aromatic heterocycles. The molecule has 0 aliphatic heterocycles. The van der Waals surface area contributed by atoms with Crippen LogP contribution < -0.4 is 21.7 Å². The zero-order chi connectivity index (χ0) is 27.5. The van der Waals surface area contributed by atoms with Crippen molar-refractivity contribution in [3.05, 3.63) is 82.5 Å². The maximum absolute atomic E-state index is 14.2. The van der Waals surface area contributed by atoms with Gasteiger partial charge in [-0.1, -0.05) is 44.0 Å². The molecule has 2 aromatic carbocycles. The molecule has 1 aliphatic carbocycles. The first kappa shape index (κ1) is 26.3. The molecule has 5 rings (SSSR count). The largest absolute Gasteiger partial charge is 0.395 e. The maximum atomic E-state index is 14.2. The monoisotopic (exact) mass is 542 g/mol. The summed E-state index contributed by atoms with van der Waals surface area (Å²) in [6.45, 7) is 2.04. The summed E-state index contributed by atoms with van der Waals surface area (Å²) < 4.78 is 4.03. The summed E-state index contributed by atoms with van der Waals surface area (Å²) in [6.07, 6.45) is 6.41. The fourth-order valence-electron chi connectivity index (χ4n) is 5.05. The van der Waals surface area contributed by atoms with Gasteiger partial charge in [-0.3, -0.25) is 24.3 Å². The number of rotatable bonds is 8. The van der Waals surface area contributed by atoms with Crippen LogP contribution in [0.3, 0.4) is 0 Å². The number of carbonyl (C=O) groups excluding carboxylic acids is 3. The third kappa shape index (κ3) is 5.33. The fraction of sp³-hybridized carbons (Fsp3) is 0.276.